The molecule has 8 heteroatoms. The van der Waals surface area contributed by atoms with Gasteiger partial charge in [0.15, 0.2) is 5.17 Å². The Balaban J connectivity index is 1.77. The van der Waals surface area contributed by atoms with Crippen molar-refractivity contribution in [1.82, 2.24) is 9.78 Å². The van der Waals surface area contributed by atoms with Crippen molar-refractivity contribution < 1.29 is 13.5 Å². The van der Waals surface area contributed by atoms with Crippen molar-refractivity contribution in [2.45, 2.75) is 30.2 Å². The van der Waals surface area contributed by atoms with Crippen molar-refractivity contribution in [2.75, 3.05) is 6.61 Å². The zero-order valence-electron chi connectivity index (χ0n) is 14.5. The lowest BCUT2D eigenvalue weighted by molar-refractivity contribution is -0.0644. The van der Waals surface area contributed by atoms with Gasteiger partial charge < -0.3 is 10.5 Å². The van der Waals surface area contributed by atoms with E-state index in [1.165, 1.54) is 23.9 Å². The Morgan fingerprint density at radius 1 is 1.38 bits per heavy atom. The quantitative estimate of drug-likeness (QED) is 0.872. The highest BCUT2D eigenvalue weighted by Gasteiger charge is 2.52. The average Bonchev–Trinajstić information content (AvgIpc) is 3.00. The molecule has 0 amide bonds. The van der Waals surface area contributed by atoms with Crippen LogP contribution in [0.5, 0.6) is 0 Å². The van der Waals surface area contributed by atoms with Gasteiger partial charge in [-0.15, -0.1) is 0 Å². The summed E-state index contributed by atoms with van der Waals surface area (Å²) in [5.74, 6) is -1.23. The molecule has 1 fully saturated rings. The first-order valence-corrected chi connectivity index (χ1v) is 9.34. The van der Waals surface area contributed by atoms with E-state index in [0.717, 1.165) is 11.6 Å². The van der Waals surface area contributed by atoms with Gasteiger partial charge in [-0.3, -0.25) is 4.68 Å². The van der Waals surface area contributed by atoms with E-state index in [1.54, 1.807) is 10.9 Å². The van der Waals surface area contributed by atoms with Crippen molar-refractivity contribution >= 4 is 16.9 Å². The minimum atomic E-state index is -0.939. The maximum absolute atomic E-state index is 14.7. The van der Waals surface area contributed by atoms with Crippen LogP contribution < -0.4 is 5.73 Å². The molecule has 0 spiro atoms. The zero-order valence-corrected chi connectivity index (χ0v) is 15.3. The van der Waals surface area contributed by atoms with Crippen LogP contribution in [0.3, 0.4) is 0 Å². The molecular weight excluding hydrogens is 358 g/mol. The van der Waals surface area contributed by atoms with Gasteiger partial charge in [0.1, 0.15) is 17.2 Å². The maximum atomic E-state index is 14.7. The Kier molecular flexibility index (Phi) is 4.27. The van der Waals surface area contributed by atoms with Gasteiger partial charge in [0.2, 0.25) is 0 Å². The number of ether oxygens (including phenoxy) is 1. The SMILES string of the molecule is CC1SC(N)=N[C@@]2(c3ccc(F)cc3F)CO[C@@H](c3cnn(C)c3)CC12. The summed E-state index contributed by atoms with van der Waals surface area (Å²) in [7, 11) is 1.86. The molecule has 4 atom stereocenters. The molecule has 0 saturated carbocycles. The second kappa shape index (κ2) is 6.35. The number of hydrogen-bond acceptors (Lipinski definition) is 5. The third kappa shape index (κ3) is 2.81. The molecule has 2 N–H and O–H groups in total. The summed E-state index contributed by atoms with van der Waals surface area (Å²) in [4.78, 5) is 4.63. The third-order valence-corrected chi connectivity index (χ3v) is 6.30. The standard InChI is InChI=1S/C18H20F2N4OS/c1-10-14-6-16(11-7-22-24(2)8-11)25-9-18(14,23-17(21)26-10)13-4-3-12(19)5-15(13)20/h3-5,7-8,10,14,16H,6,9H2,1-2H3,(H2,21,23)/t10?,14?,16-,18-/m1/s1. The molecular formula is C18H20F2N4OS. The molecule has 2 aromatic rings. The number of nitrogens with zero attached hydrogens (tertiary/aromatic N) is 3. The minimum absolute atomic E-state index is 0.00119. The lowest BCUT2D eigenvalue weighted by Gasteiger charge is -2.48. The van der Waals surface area contributed by atoms with Gasteiger partial charge in [0, 0.05) is 41.6 Å². The summed E-state index contributed by atoms with van der Waals surface area (Å²) in [6.07, 6.45) is 4.24. The molecule has 1 aromatic carbocycles. The van der Waals surface area contributed by atoms with Crippen molar-refractivity contribution in [1.29, 1.82) is 0 Å². The summed E-state index contributed by atoms with van der Waals surface area (Å²) in [6, 6.07) is 3.62. The number of fused-ring (bicyclic) bond motifs is 1. The van der Waals surface area contributed by atoms with Crippen LogP contribution in [0.1, 0.15) is 30.6 Å². The van der Waals surface area contributed by atoms with Crippen LogP contribution in [0, 0.1) is 17.6 Å². The Morgan fingerprint density at radius 3 is 2.88 bits per heavy atom. The molecule has 138 valence electrons. The smallest absolute Gasteiger partial charge is 0.155 e. The van der Waals surface area contributed by atoms with E-state index >= 15 is 0 Å². The molecule has 3 heterocycles. The maximum Gasteiger partial charge on any atom is 0.155 e. The largest absolute Gasteiger partial charge is 0.379 e. The van der Waals surface area contributed by atoms with E-state index in [9.17, 15) is 8.78 Å². The molecule has 1 aromatic heterocycles. The normalized spacial score (nSPS) is 31.4. The molecule has 0 aliphatic carbocycles. The van der Waals surface area contributed by atoms with Crippen LogP contribution in [0.2, 0.25) is 0 Å². The predicted octanol–water partition coefficient (Wildman–Crippen LogP) is 3.12. The van der Waals surface area contributed by atoms with Gasteiger partial charge in [-0.1, -0.05) is 24.8 Å². The molecule has 0 bridgehead atoms. The first kappa shape index (κ1) is 17.5. The number of hydrogen-bond donors (Lipinski definition) is 1. The van der Waals surface area contributed by atoms with E-state index < -0.39 is 17.2 Å². The van der Waals surface area contributed by atoms with Gasteiger partial charge in [-0.05, 0) is 12.5 Å². The second-order valence-electron chi connectivity index (χ2n) is 6.91. The number of nitrogens with two attached hydrogens (primary N) is 1. The first-order chi connectivity index (χ1) is 12.4. The van der Waals surface area contributed by atoms with Gasteiger partial charge in [0.25, 0.3) is 0 Å². The van der Waals surface area contributed by atoms with E-state index in [1.807, 2.05) is 13.2 Å². The Bertz CT molecular complexity index is 871. The Morgan fingerprint density at radius 2 is 2.19 bits per heavy atom. The van der Waals surface area contributed by atoms with Crippen LogP contribution in [0.15, 0.2) is 35.6 Å². The first-order valence-electron chi connectivity index (χ1n) is 8.47. The van der Waals surface area contributed by atoms with Crippen molar-refractivity contribution in [2.24, 2.45) is 23.7 Å². The summed E-state index contributed by atoms with van der Waals surface area (Å²) < 4.78 is 35.9. The van der Waals surface area contributed by atoms with E-state index in [-0.39, 0.29) is 23.9 Å². The fraction of sp³-hybridized carbons (Fsp3) is 0.444. The van der Waals surface area contributed by atoms with Gasteiger partial charge in [-0.2, -0.15) is 5.10 Å². The lowest BCUT2D eigenvalue weighted by Crippen LogP contribution is -2.51. The number of aromatic nitrogens is 2. The number of thioether (sulfide) groups is 1. The molecule has 4 rings (SSSR count). The number of aryl methyl sites for hydroxylation is 1. The predicted molar refractivity (Wildman–Crippen MR) is 96.7 cm³/mol. The van der Waals surface area contributed by atoms with E-state index in [4.69, 9.17) is 10.5 Å². The molecule has 2 aliphatic heterocycles. The molecule has 26 heavy (non-hydrogen) atoms. The molecule has 5 nitrogen and oxygen atoms in total. The summed E-state index contributed by atoms with van der Waals surface area (Å²) >= 11 is 1.49. The topological polar surface area (TPSA) is 65.4 Å². The lowest BCUT2D eigenvalue weighted by atomic mass is 9.72. The molecule has 1 saturated heterocycles. The fourth-order valence-electron chi connectivity index (χ4n) is 4.04. The summed E-state index contributed by atoms with van der Waals surface area (Å²) in [6.45, 7) is 2.25. The second-order valence-corrected chi connectivity index (χ2v) is 8.31. The number of halogens is 2. The van der Waals surface area contributed by atoms with Gasteiger partial charge in [-0.25, -0.2) is 13.8 Å². The third-order valence-electron chi connectivity index (χ3n) is 5.26. The van der Waals surface area contributed by atoms with Crippen molar-refractivity contribution in [3.8, 4) is 0 Å². The van der Waals surface area contributed by atoms with Crippen LogP contribution in [-0.2, 0) is 17.3 Å². The van der Waals surface area contributed by atoms with E-state index in [2.05, 4.69) is 17.0 Å². The van der Waals surface area contributed by atoms with Crippen molar-refractivity contribution in [3.63, 3.8) is 0 Å². The van der Waals surface area contributed by atoms with Crippen LogP contribution >= 0.6 is 11.8 Å². The highest BCUT2D eigenvalue weighted by molar-refractivity contribution is 8.14. The summed E-state index contributed by atoms with van der Waals surface area (Å²) in [5, 5.41) is 4.74. The van der Waals surface area contributed by atoms with Gasteiger partial charge >= 0.3 is 0 Å². The monoisotopic (exact) mass is 378 g/mol. The van der Waals surface area contributed by atoms with Crippen LogP contribution in [-0.4, -0.2) is 26.8 Å². The zero-order chi connectivity index (χ0) is 18.5. The van der Waals surface area contributed by atoms with Crippen molar-refractivity contribution in [3.05, 3.63) is 53.4 Å². The fourth-order valence-corrected chi connectivity index (χ4v) is 5.13. The van der Waals surface area contributed by atoms with E-state index in [0.29, 0.717) is 17.2 Å². The highest BCUT2D eigenvalue weighted by atomic mass is 32.2. The minimum Gasteiger partial charge on any atom is -0.379 e. The molecule has 0 radical (unpaired) electrons. The Labute approximate surface area is 154 Å². The number of aliphatic imine (C=N–C) groups is 1. The molecule has 2 unspecified atom stereocenters. The van der Waals surface area contributed by atoms with Gasteiger partial charge in [0.05, 0.1) is 18.9 Å². The number of rotatable bonds is 2. The number of amidine groups is 1. The Hall–Kier alpha value is -1.93. The highest BCUT2D eigenvalue weighted by Crippen LogP contribution is 2.52. The van der Waals surface area contributed by atoms with Crippen LogP contribution in [0.4, 0.5) is 8.78 Å². The molecule has 2 aliphatic rings. The van der Waals surface area contributed by atoms with Crippen LogP contribution in [0.25, 0.3) is 0 Å². The average molecular weight is 378 g/mol. The summed E-state index contributed by atoms with van der Waals surface area (Å²) in [5.41, 5.74) is 6.42. The number of benzene rings is 1.